The van der Waals surface area contributed by atoms with Crippen LogP contribution < -0.4 is 0 Å². The number of hydrogen-bond acceptors (Lipinski definition) is 2. The lowest BCUT2D eigenvalue weighted by atomic mass is 9.89. The van der Waals surface area contributed by atoms with Crippen molar-refractivity contribution in [3.05, 3.63) is 0 Å². The van der Waals surface area contributed by atoms with Crippen molar-refractivity contribution in [3.8, 4) is 0 Å². The topological polar surface area (TPSA) is 57.8 Å². The Hall–Kier alpha value is -0.570. The lowest BCUT2D eigenvalue weighted by molar-refractivity contribution is -0.143. The van der Waals surface area contributed by atoms with Gasteiger partial charge in [0.15, 0.2) is 0 Å². The second-order valence-corrected chi connectivity index (χ2v) is 7.11. The number of ether oxygens (including phenoxy) is 1. The molecule has 128 valence electrons. The van der Waals surface area contributed by atoms with E-state index in [4.69, 9.17) is 4.74 Å². The summed E-state index contributed by atoms with van der Waals surface area (Å²) < 4.78 is 5.26. The average molecular weight is 302 g/mol. The van der Waals surface area contributed by atoms with E-state index < -0.39 is 0 Å². The third-order valence-corrected chi connectivity index (χ3v) is 3.57. The van der Waals surface area contributed by atoms with Crippen LogP contribution >= 0.6 is 0 Å². The quantitative estimate of drug-likeness (QED) is 0.373. The van der Waals surface area contributed by atoms with Crippen LogP contribution in [0.3, 0.4) is 0 Å². The van der Waals surface area contributed by atoms with E-state index in [1.54, 1.807) is 0 Å². The minimum absolute atomic E-state index is 0. The van der Waals surface area contributed by atoms with Gasteiger partial charge in [-0.15, -0.1) is 0 Å². The van der Waals surface area contributed by atoms with E-state index >= 15 is 0 Å². The number of unbranched alkanes of at least 4 members (excludes halogenated alkanes) is 7. The minimum atomic E-state index is -0.00526. The fraction of sp³-hybridized carbons (Fsp3) is 0.944. The summed E-state index contributed by atoms with van der Waals surface area (Å²) in [6.45, 7) is 9.64. The third kappa shape index (κ3) is 19.4. The Labute approximate surface area is 132 Å². The van der Waals surface area contributed by atoms with Crippen LogP contribution in [0.5, 0.6) is 0 Å². The average Bonchev–Trinajstić information content (AvgIpc) is 2.36. The van der Waals surface area contributed by atoms with Crippen molar-refractivity contribution in [3.63, 3.8) is 0 Å². The van der Waals surface area contributed by atoms with E-state index in [0.29, 0.717) is 18.4 Å². The Morgan fingerprint density at radius 3 is 2.05 bits per heavy atom. The molecule has 0 aromatic carbocycles. The molecule has 0 aromatic rings. The monoisotopic (exact) mass is 302 g/mol. The van der Waals surface area contributed by atoms with Crippen molar-refractivity contribution < 1.29 is 15.0 Å². The Morgan fingerprint density at radius 2 is 1.43 bits per heavy atom. The first-order valence-electron chi connectivity index (χ1n) is 8.61. The van der Waals surface area contributed by atoms with Crippen molar-refractivity contribution in [1.29, 1.82) is 0 Å². The van der Waals surface area contributed by atoms with Gasteiger partial charge in [0.2, 0.25) is 0 Å². The molecule has 0 fully saturated rings. The number of carbonyl (C=O) groups is 1. The van der Waals surface area contributed by atoms with Crippen LogP contribution in [0.25, 0.3) is 0 Å². The molecule has 0 amide bonds. The van der Waals surface area contributed by atoms with E-state index in [2.05, 4.69) is 27.7 Å². The van der Waals surface area contributed by atoms with Gasteiger partial charge < -0.3 is 10.2 Å². The molecule has 0 atom stereocenters. The van der Waals surface area contributed by atoms with Crippen LogP contribution in [0.15, 0.2) is 0 Å². The molecule has 21 heavy (non-hydrogen) atoms. The summed E-state index contributed by atoms with van der Waals surface area (Å²) in [6, 6.07) is 0. The molecule has 0 aliphatic rings. The van der Waals surface area contributed by atoms with Crippen LogP contribution in [-0.2, 0) is 9.53 Å². The molecule has 2 N–H and O–H groups in total. The zero-order chi connectivity index (χ0) is 15.3. The van der Waals surface area contributed by atoms with E-state index in [1.807, 2.05) is 0 Å². The van der Waals surface area contributed by atoms with Crippen molar-refractivity contribution in [2.45, 2.75) is 98.3 Å². The summed E-state index contributed by atoms with van der Waals surface area (Å²) in [4.78, 5) is 11.5. The lowest BCUT2D eigenvalue weighted by Crippen LogP contribution is -2.06. The Bertz CT molecular complexity index is 231. The molecule has 0 bridgehead atoms. The van der Waals surface area contributed by atoms with Gasteiger partial charge in [0.1, 0.15) is 0 Å². The molecule has 0 rings (SSSR count). The highest BCUT2D eigenvalue weighted by Crippen LogP contribution is 2.22. The van der Waals surface area contributed by atoms with Crippen LogP contribution in [0, 0.1) is 5.41 Å². The van der Waals surface area contributed by atoms with E-state index in [0.717, 1.165) is 19.3 Å². The van der Waals surface area contributed by atoms with Crippen molar-refractivity contribution in [2.75, 3.05) is 6.61 Å². The molecule has 3 nitrogen and oxygen atoms in total. The fourth-order valence-electron chi connectivity index (χ4n) is 2.24. The number of esters is 1. The van der Waals surface area contributed by atoms with Crippen LogP contribution in [0.4, 0.5) is 0 Å². The fourth-order valence-corrected chi connectivity index (χ4v) is 2.24. The highest BCUT2D eigenvalue weighted by Gasteiger charge is 2.09. The Morgan fingerprint density at radius 1 is 0.857 bits per heavy atom. The van der Waals surface area contributed by atoms with Gasteiger partial charge in [0.05, 0.1) is 6.61 Å². The maximum absolute atomic E-state index is 11.5. The Kier molecular flexibility index (Phi) is 15.5. The predicted octanol–water partition coefficient (Wildman–Crippen LogP) is 5.06. The van der Waals surface area contributed by atoms with Crippen LogP contribution in [-0.4, -0.2) is 18.1 Å². The molecule has 0 aliphatic carbocycles. The SMILES string of the molecule is CCCCCCCCOC(=O)CCCCCC(C)(C)C.O. The first-order valence-corrected chi connectivity index (χ1v) is 8.61. The summed E-state index contributed by atoms with van der Waals surface area (Å²) >= 11 is 0. The first-order chi connectivity index (χ1) is 9.45. The van der Waals surface area contributed by atoms with Crippen molar-refractivity contribution >= 4 is 5.97 Å². The zero-order valence-corrected chi connectivity index (χ0v) is 14.8. The van der Waals surface area contributed by atoms with Gasteiger partial charge in [-0.05, 0) is 24.7 Å². The normalized spacial score (nSPS) is 11.0. The molecular formula is C18H38O3. The maximum Gasteiger partial charge on any atom is 0.305 e. The molecule has 0 spiro atoms. The van der Waals surface area contributed by atoms with Gasteiger partial charge in [0.25, 0.3) is 0 Å². The molecule has 0 saturated heterocycles. The number of rotatable bonds is 12. The molecule has 0 unspecified atom stereocenters. The van der Waals surface area contributed by atoms with Gasteiger partial charge >= 0.3 is 5.97 Å². The summed E-state index contributed by atoms with van der Waals surface area (Å²) in [7, 11) is 0. The zero-order valence-electron chi connectivity index (χ0n) is 14.8. The standard InChI is InChI=1S/C18H36O2.H2O/c1-5-6-7-8-9-13-16-20-17(19)14-11-10-12-15-18(2,3)4;/h5-16H2,1-4H3;1H2. The molecule has 0 heterocycles. The maximum atomic E-state index is 11.5. The third-order valence-electron chi connectivity index (χ3n) is 3.57. The van der Waals surface area contributed by atoms with E-state index in [1.165, 1.54) is 44.9 Å². The highest BCUT2D eigenvalue weighted by molar-refractivity contribution is 5.69. The molecule has 0 aliphatic heterocycles. The van der Waals surface area contributed by atoms with Gasteiger partial charge in [-0.1, -0.05) is 72.6 Å². The van der Waals surface area contributed by atoms with E-state index in [-0.39, 0.29) is 11.4 Å². The molecule has 3 heteroatoms. The van der Waals surface area contributed by atoms with E-state index in [9.17, 15) is 4.79 Å². The first kappa shape index (κ1) is 22.7. The molecule has 0 radical (unpaired) electrons. The lowest BCUT2D eigenvalue weighted by Gasteiger charge is -2.17. The Balaban J connectivity index is 0. The number of hydrogen-bond donors (Lipinski definition) is 0. The van der Waals surface area contributed by atoms with Crippen LogP contribution in [0.1, 0.15) is 98.3 Å². The van der Waals surface area contributed by atoms with Gasteiger partial charge in [-0.3, -0.25) is 4.79 Å². The van der Waals surface area contributed by atoms with Gasteiger partial charge in [-0.25, -0.2) is 0 Å². The second kappa shape index (κ2) is 14.4. The minimum Gasteiger partial charge on any atom is -0.466 e. The summed E-state index contributed by atoms with van der Waals surface area (Å²) in [6.07, 6.45) is 12.6. The summed E-state index contributed by atoms with van der Waals surface area (Å²) in [5.41, 5.74) is 0.415. The van der Waals surface area contributed by atoms with Crippen molar-refractivity contribution in [1.82, 2.24) is 0 Å². The summed E-state index contributed by atoms with van der Waals surface area (Å²) in [5.74, 6) is -0.00526. The smallest absolute Gasteiger partial charge is 0.305 e. The largest absolute Gasteiger partial charge is 0.466 e. The van der Waals surface area contributed by atoms with Gasteiger partial charge in [0, 0.05) is 6.42 Å². The molecular weight excluding hydrogens is 264 g/mol. The van der Waals surface area contributed by atoms with Crippen LogP contribution in [0.2, 0.25) is 0 Å². The van der Waals surface area contributed by atoms with Crippen molar-refractivity contribution in [2.24, 2.45) is 5.41 Å². The molecule has 0 saturated carbocycles. The summed E-state index contributed by atoms with van der Waals surface area (Å²) in [5, 5.41) is 0. The highest BCUT2D eigenvalue weighted by atomic mass is 16.5. The molecule has 0 aromatic heterocycles. The van der Waals surface area contributed by atoms with Gasteiger partial charge in [-0.2, -0.15) is 0 Å². The number of carbonyl (C=O) groups excluding carboxylic acids is 1. The predicted molar refractivity (Wildman–Crippen MR) is 90.5 cm³/mol. The second-order valence-electron chi connectivity index (χ2n) is 7.11.